The van der Waals surface area contributed by atoms with Crippen molar-refractivity contribution < 1.29 is 0 Å². The summed E-state index contributed by atoms with van der Waals surface area (Å²) in [6.07, 6.45) is 4.06. The summed E-state index contributed by atoms with van der Waals surface area (Å²) in [5.74, 6) is 0. The molecule has 1 heterocycles. The smallest absolute Gasteiger partial charge is 0.0443 e. The van der Waals surface area contributed by atoms with E-state index in [0.717, 1.165) is 6.54 Å². The summed E-state index contributed by atoms with van der Waals surface area (Å²) in [6, 6.07) is 1.22. The lowest BCUT2D eigenvalue weighted by atomic mass is 9.87. The number of allylic oxidation sites excluding steroid dienone is 1. The fourth-order valence-corrected chi connectivity index (χ4v) is 2.29. The van der Waals surface area contributed by atoms with Crippen molar-refractivity contribution in [1.29, 1.82) is 0 Å². The first kappa shape index (κ1) is 9.07. The maximum absolute atomic E-state index is 3.56. The van der Waals surface area contributed by atoms with E-state index in [1.54, 1.807) is 11.3 Å². The molecule has 1 saturated carbocycles. The van der Waals surface area contributed by atoms with Crippen molar-refractivity contribution in [2.75, 3.05) is 13.6 Å². The minimum atomic E-state index is 0.566. The molecule has 0 aromatic carbocycles. The van der Waals surface area contributed by atoms with E-state index in [1.165, 1.54) is 19.3 Å². The number of nitrogens with one attached hydrogen (secondary N) is 1. The van der Waals surface area contributed by atoms with Gasteiger partial charge in [-0.2, -0.15) is 0 Å². The maximum Gasteiger partial charge on any atom is 0.0443 e. The Morgan fingerprint density at radius 2 is 2.00 bits per heavy atom. The van der Waals surface area contributed by atoms with Crippen LogP contribution >= 0.6 is 0 Å². The lowest BCUT2D eigenvalue weighted by Gasteiger charge is -2.42. The van der Waals surface area contributed by atoms with Crippen molar-refractivity contribution in [2.45, 2.75) is 45.2 Å². The molecule has 0 aromatic heterocycles. The second-order valence-corrected chi connectivity index (χ2v) is 4.43. The molecular formula is C11H20N2. The molecule has 2 heteroatoms. The number of rotatable bonds is 0. The lowest BCUT2D eigenvalue weighted by Crippen LogP contribution is -2.51. The third kappa shape index (κ3) is 1.48. The predicted molar refractivity (Wildman–Crippen MR) is 55.6 cm³/mol. The van der Waals surface area contributed by atoms with E-state index in [0.29, 0.717) is 12.1 Å². The van der Waals surface area contributed by atoms with Crippen LogP contribution < -0.4 is 5.32 Å². The van der Waals surface area contributed by atoms with Crippen LogP contribution in [0.2, 0.25) is 0 Å². The van der Waals surface area contributed by atoms with Crippen molar-refractivity contribution in [2.24, 2.45) is 0 Å². The minimum Gasteiger partial charge on any atom is -0.373 e. The Labute approximate surface area is 81.0 Å². The first-order valence-electron chi connectivity index (χ1n) is 5.38. The SMILES string of the molecule is CC1NCC(C)N(C)C1=C1CCC1. The molecule has 1 aliphatic carbocycles. The van der Waals surface area contributed by atoms with Gasteiger partial charge in [-0.1, -0.05) is 0 Å². The van der Waals surface area contributed by atoms with Gasteiger partial charge in [-0.3, -0.25) is 0 Å². The van der Waals surface area contributed by atoms with Crippen molar-refractivity contribution >= 4 is 0 Å². The number of nitrogens with zero attached hydrogens (tertiary/aromatic N) is 1. The second kappa shape index (κ2) is 3.33. The van der Waals surface area contributed by atoms with Gasteiger partial charge in [-0.05, 0) is 38.7 Å². The van der Waals surface area contributed by atoms with Gasteiger partial charge in [0.05, 0.1) is 0 Å². The summed E-state index contributed by atoms with van der Waals surface area (Å²) in [4.78, 5) is 2.47. The van der Waals surface area contributed by atoms with Gasteiger partial charge < -0.3 is 10.2 Å². The molecule has 0 amide bonds. The van der Waals surface area contributed by atoms with E-state index in [1.807, 2.05) is 0 Å². The Morgan fingerprint density at radius 3 is 2.54 bits per heavy atom. The normalized spacial score (nSPS) is 34.8. The Hall–Kier alpha value is -0.500. The fraction of sp³-hybridized carbons (Fsp3) is 0.818. The van der Waals surface area contributed by atoms with Crippen LogP contribution in [0.3, 0.4) is 0 Å². The molecule has 1 saturated heterocycles. The van der Waals surface area contributed by atoms with Crippen LogP contribution in [0.4, 0.5) is 0 Å². The van der Waals surface area contributed by atoms with Crippen LogP contribution in [0.15, 0.2) is 11.3 Å². The van der Waals surface area contributed by atoms with Crippen LogP contribution in [0, 0.1) is 0 Å². The molecule has 2 aliphatic rings. The molecule has 2 atom stereocenters. The van der Waals surface area contributed by atoms with Crippen molar-refractivity contribution in [3.05, 3.63) is 11.3 Å². The average molecular weight is 180 g/mol. The molecule has 0 bridgehead atoms. The predicted octanol–water partition coefficient (Wildman–Crippen LogP) is 1.74. The fourth-order valence-electron chi connectivity index (χ4n) is 2.29. The lowest BCUT2D eigenvalue weighted by molar-refractivity contribution is 0.233. The summed E-state index contributed by atoms with van der Waals surface area (Å²) in [5, 5.41) is 3.56. The third-order valence-electron chi connectivity index (χ3n) is 3.49. The van der Waals surface area contributed by atoms with Crippen LogP contribution in [0.25, 0.3) is 0 Å². The highest BCUT2D eigenvalue weighted by atomic mass is 15.2. The van der Waals surface area contributed by atoms with Gasteiger partial charge in [0.15, 0.2) is 0 Å². The standard InChI is InChI=1S/C11H20N2/c1-8-7-12-9(2)11(13(8)3)10-5-4-6-10/h8-9,12H,4-7H2,1-3H3. The minimum absolute atomic E-state index is 0.566. The second-order valence-electron chi connectivity index (χ2n) is 4.43. The van der Waals surface area contributed by atoms with Crippen molar-refractivity contribution in [3.63, 3.8) is 0 Å². The Kier molecular flexibility index (Phi) is 2.33. The molecule has 2 fully saturated rings. The Bertz CT molecular complexity index is 226. The molecule has 0 spiro atoms. The summed E-state index contributed by atoms with van der Waals surface area (Å²) in [7, 11) is 2.24. The molecule has 0 aromatic rings. The zero-order valence-corrected chi connectivity index (χ0v) is 8.93. The van der Waals surface area contributed by atoms with Crippen LogP contribution in [0.1, 0.15) is 33.1 Å². The number of hydrogen-bond donors (Lipinski definition) is 1. The zero-order valence-electron chi connectivity index (χ0n) is 8.93. The zero-order chi connectivity index (χ0) is 9.42. The summed E-state index contributed by atoms with van der Waals surface area (Å²) >= 11 is 0. The molecule has 13 heavy (non-hydrogen) atoms. The first-order valence-corrected chi connectivity index (χ1v) is 5.38. The van der Waals surface area contributed by atoms with E-state index in [-0.39, 0.29) is 0 Å². The number of hydrogen-bond acceptors (Lipinski definition) is 2. The van der Waals surface area contributed by atoms with Gasteiger partial charge in [0.25, 0.3) is 0 Å². The summed E-state index contributed by atoms with van der Waals surface area (Å²) in [6.45, 7) is 5.69. The molecule has 1 aliphatic heterocycles. The highest BCUT2D eigenvalue weighted by Crippen LogP contribution is 2.33. The number of likely N-dealkylation sites (N-methyl/N-ethyl adjacent to an activating group) is 1. The first-order chi connectivity index (χ1) is 6.20. The molecule has 0 radical (unpaired) electrons. The van der Waals surface area contributed by atoms with Crippen LogP contribution in [-0.2, 0) is 0 Å². The van der Waals surface area contributed by atoms with Crippen molar-refractivity contribution in [1.82, 2.24) is 10.2 Å². The third-order valence-corrected chi connectivity index (χ3v) is 3.49. The summed E-state index contributed by atoms with van der Waals surface area (Å²) < 4.78 is 0. The van der Waals surface area contributed by atoms with E-state index in [9.17, 15) is 0 Å². The molecule has 1 N–H and O–H groups in total. The highest BCUT2D eigenvalue weighted by molar-refractivity contribution is 5.24. The van der Waals surface area contributed by atoms with Gasteiger partial charge in [0, 0.05) is 31.4 Å². The van der Waals surface area contributed by atoms with Crippen molar-refractivity contribution in [3.8, 4) is 0 Å². The van der Waals surface area contributed by atoms with E-state index in [4.69, 9.17) is 0 Å². The highest BCUT2D eigenvalue weighted by Gasteiger charge is 2.28. The average Bonchev–Trinajstić information content (AvgIpc) is 2.02. The van der Waals surface area contributed by atoms with E-state index < -0.39 is 0 Å². The van der Waals surface area contributed by atoms with Gasteiger partial charge in [-0.15, -0.1) is 0 Å². The maximum atomic E-state index is 3.56. The summed E-state index contributed by atoms with van der Waals surface area (Å²) in [5.41, 5.74) is 3.26. The van der Waals surface area contributed by atoms with Crippen LogP contribution in [0.5, 0.6) is 0 Å². The van der Waals surface area contributed by atoms with E-state index >= 15 is 0 Å². The Balaban J connectivity index is 2.21. The molecule has 74 valence electrons. The largest absolute Gasteiger partial charge is 0.373 e. The van der Waals surface area contributed by atoms with Gasteiger partial charge >= 0.3 is 0 Å². The Morgan fingerprint density at radius 1 is 1.31 bits per heavy atom. The molecule has 2 unspecified atom stereocenters. The van der Waals surface area contributed by atoms with Gasteiger partial charge in [0.2, 0.25) is 0 Å². The van der Waals surface area contributed by atoms with Gasteiger partial charge in [-0.25, -0.2) is 0 Å². The quantitative estimate of drug-likeness (QED) is 0.611. The topological polar surface area (TPSA) is 15.3 Å². The molecule has 2 nitrogen and oxygen atoms in total. The molecule has 2 rings (SSSR count). The number of piperazine rings is 1. The van der Waals surface area contributed by atoms with Gasteiger partial charge in [0.1, 0.15) is 0 Å². The van der Waals surface area contributed by atoms with E-state index in [2.05, 4.69) is 31.1 Å². The monoisotopic (exact) mass is 180 g/mol. The van der Waals surface area contributed by atoms with Crippen LogP contribution in [-0.4, -0.2) is 30.6 Å². The molecular weight excluding hydrogens is 160 g/mol.